The van der Waals surface area contributed by atoms with Gasteiger partial charge in [-0.1, -0.05) is 29.8 Å². The molecule has 2 amide bonds. The summed E-state index contributed by atoms with van der Waals surface area (Å²) in [5, 5.41) is 7.02. The number of hydrogen-bond donors (Lipinski definition) is 1. The number of benzene rings is 2. The normalized spacial score (nSPS) is 10.4. The molecule has 3 rings (SSSR count). The summed E-state index contributed by atoms with van der Waals surface area (Å²) in [6.45, 7) is 0.380. The van der Waals surface area contributed by atoms with E-state index < -0.39 is 5.91 Å². The monoisotopic (exact) mass is 440 g/mol. The molecular formula is C22H21ClN4O4. The fourth-order valence-corrected chi connectivity index (χ4v) is 2.86. The highest BCUT2D eigenvalue weighted by Crippen LogP contribution is 2.24. The van der Waals surface area contributed by atoms with Gasteiger partial charge >= 0.3 is 0 Å². The Morgan fingerprint density at radius 1 is 1.10 bits per heavy atom. The van der Waals surface area contributed by atoms with Gasteiger partial charge in [-0.25, -0.2) is 4.68 Å². The SMILES string of the molecule is CN(C)C(=O)c1ccc(Cl)c(NC(=O)c2ccc(=O)n(CCOc3ccccc3)n2)c1. The van der Waals surface area contributed by atoms with Crippen LogP contribution in [0.25, 0.3) is 0 Å². The molecule has 31 heavy (non-hydrogen) atoms. The molecule has 1 aromatic heterocycles. The molecule has 0 saturated carbocycles. The second-order valence-electron chi connectivity index (χ2n) is 6.79. The van der Waals surface area contributed by atoms with E-state index in [1.807, 2.05) is 18.2 Å². The van der Waals surface area contributed by atoms with Crippen LogP contribution in [0.5, 0.6) is 5.75 Å². The predicted octanol–water partition coefficient (Wildman–Crippen LogP) is 2.93. The van der Waals surface area contributed by atoms with Crippen LogP contribution in [-0.2, 0) is 6.54 Å². The molecule has 0 unspecified atom stereocenters. The Labute approximate surface area is 184 Å². The summed E-state index contributed by atoms with van der Waals surface area (Å²) in [4.78, 5) is 38.3. The van der Waals surface area contributed by atoms with E-state index in [1.54, 1.807) is 32.3 Å². The van der Waals surface area contributed by atoms with Gasteiger partial charge in [0.05, 0.1) is 17.3 Å². The summed E-state index contributed by atoms with van der Waals surface area (Å²) in [6, 6.07) is 16.4. The summed E-state index contributed by atoms with van der Waals surface area (Å²) in [7, 11) is 3.26. The van der Waals surface area contributed by atoms with Crippen LogP contribution >= 0.6 is 11.6 Å². The lowest BCUT2D eigenvalue weighted by Crippen LogP contribution is -2.28. The van der Waals surface area contributed by atoms with Gasteiger partial charge in [0.2, 0.25) is 0 Å². The number of halogens is 1. The third kappa shape index (κ3) is 5.70. The first-order valence-electron chi connectivity index (χ1n) is 9.44. The second-order valence-corrected chi connectivity index (χ2v) is 7.20. The predicted molar refractivity (Wildman–Crippen MR) is 118 cm³/mol. The van der Waals surface area contributed by atoms with E-state index in [9.17, 15) is 14.4 Å². The molecule has 0 aliphatic heterocycles. The number of amides is 2. The standard InChI is InChI=1S/C22H21ClN4O4/c1-26(2)22(30)15-8-9-17(23)19(14-15)24-21(29)18-10-11-20(28)27(25-18)12-13-31-16-6-4-3-5-7-16/h3-11,14H,12-13H2,1-2H3,(H,24,29). The van der Waals surface area contributed by atoms with E-state index in [1.165, 1.54) is 29.2 Å². The van der Waals surface area contributed by atoms with Crippen LogP contribution in [-0.4, -0.2) is 47.2 Å². The fourth-order valence-electron chi connectivity index (χ4n) is 2.70. The molecule has 0 saturated heterocycles. The lowest BCUT2D eigenvalue weighted by molar-refractivity contribution is 0.0827. The number of rotatable bonds is 7. The molecule has 0 radical (unpaired) electrons. The summed E-state index contributed by atoms with van der Waals surface area (Å²) < 4.78 is 6.74. The van der Waals surface area contributed by atoms with Gasteiger partial charge in [-0.3, -0.25) is 14.4 Å². The van der Waals surface area contributed by atoms with E-state index >= 15 is 0 Å². The third-order valence-corrected chi connectivity index (χ3v) is 4.61. The molecular weight excluding hydrogens is 420 g/mol. The van der Waals surface area contributed by atoms with Crippen molar-refractivity contribution in [2.24, 2.45) is 0 Å². The molecule has 0 bridgehead atoms. The minimum atomic E-state index is -0.561. The quantitative estimate of drug-likeness (QED) is 0.609. The molecule has 0 aliphatic carbocycles. The van der Waals surface area contributed by atoms with Crippen molar-refractivity contribution in [3.8, 4) is 5.75 Å². The van der Waals surface area contributed by atoms with Crippen LogP contribution in [0.1, 0.15) is 20.8 Å². The Morgan fingerprint density at radius 2 is 1.84 bits per heavy atom. The average molecular weight is 441 g/mol. The van der Waals surface area contributed by atoms with Crippen LogP contribution in [0.15, 0.2) is 65.5 Å². The zero-order valence-electron chi connectivity index (χ0n) is 17.0. The number of ether oxygens (including phenoxy) is 1. The largest absolute Gasteiger partial charge is 0.492 e. The molecule has 1 N–H and O–H groups in total. The minimum Gasteiger partial charge on any atom is -0.492 e. The smallest absolute Gasteiger partial charge is 0.276 e. The number of para-hydroxylation sites is 1. The Hall–Kier alpha value is -3.65. The van der Waals surface area contributed by atoms with Crippen molar-refractivity contribution in [1.82, 2.24) is 14.7 Å². The maximum absolute atomic E-state index is 12.7. The maximum Gasteiger partial charge on any atom is 0.276 e. The van der Waals surface area contributed by atoms with Gasteiger partial charge in [0.25, 0.3) is 17.4 Å². The van der Waals surface area contributed by atoms with Crippen molar-refractivity contribution in [2.45, 2.75) is 6.54 Å². The Kier molecular flexibility index (Phi) is 7.04. The van der Waals surface area contributed by atoms with Crippen molar-refractivity contribution >= 4 is 29.1 Å². The first kappa shape index (κ1) is 22.0. The molecule has 1 heterocycles. The fraction of sp³-hybridized carbons (Fsp3) is 0.182. The van der Waals surface area contributed by atoms with E-state index in [4.69, 9.17) is 16.3 Å². The number of hydrogen-bond acceptors (Lipinski definition) is 5. The van der Waals surface area contributed by atoms with Crippen LogP contribution in [0, 0.1) is 0 Å². The first-order valence-corrected chi connectivity index (χ1v) is 9.81. The van der Waals surface area contributed by atoms with E-state index in [0.29, 0.717) is 11.3 Å². The highest BCUT2D eigenvalue weighted by atomic mass is 35.5. The van der Waals surface area contributed by atoms with Crippen LogP contribution in [0.4, 0.5) is 5.69 Å². The van der Waals surface area contributed by atoms with E-state index in [2.05, 4.69) is 10.4 Å². The Balaban J connectivity index is 1.72. The molecule has 9 heteroatoms. The highest BCUT2D eigenvalue weighted by Gasteiger charge is 2.15. The lowest BCUT2D eigenvalue weighted by atomic mass is 10.1. The Morgan fingerprint density at radius 3 is 2.55 bits per heavy atom. The van der Waals surface area contributed by atoms with Crippen LogP contribution in [0.2, 0.25) is 5.02 Å². The summed E-state index contributed by atoms with van der Waals surface area (Å²) in [5.41, 5.74) is 0.316. The summed E-state index contributed by atoms with van der Waals surface area (Å²) >= 11 is 6.16. The van der Waals surface area contributed by atoms with Gasteiger partial charge in [0, 0.05) is 25.7 Å². The molecule has 8 nitrogen and oxygen atoms in total. The van der Waals surface area contributed by atoms with Gasteiger partial charge < -0.3 is 15.0 Å². The first-order chi connectivity index (χ1) is 14.8. The van der Waals surface area contributed by atoms with Crippen molar-refractivity contribution in [2.75, 3.05) is 26.0 Å². The number of nitrogens with zero attached hydrogens (tertiary/aromatic N) is 3. The van der Waals surface area contributed by atoms with Crippen LogP contribution < -0.4 is 15.6 Å². The second kappa shape index (κ2) is 9.90. The molecule has 0 aliphatic rings. The number of aromatic nitrogens is 2. The highest BCUT2D eigenvalue weighted by molar-refractivity contribution is 6.34. The average Bonchev–Trinajstić information content (AvgIpc) is 2.76. The maximum atomic E-state index is 12.7. The van der Waals surface area contributed by atoms with Gasteiger partial charge in [-0.2, -0.15) is 5.10 Å². The van der Waals surface area contributed by atoms with Crippen LogP contribution in [0.3, 0.4) is 0 Å². The molecule has 160 valence electrons. The van der Waals surface area contributed by atoms with Gasteiger partial charge in [-0.05, 0) is 36.4 Å². The third-order valence-electron chi connectivity index (χ3n) is 4.28. The van der Waals surface area contributed by atoms with Gasteiger partial charge in [-0.15, -0.1) is 0 Å². The lowest BCUT2D eigenvalue weighted by Gasteiger charge is -2.13. The molecule has 0 spiro atoms. The van der Waals surface area contributed by atoms with Crippen molar-refractivity contribution in [1.29, 1.82) is 0 Å². The zero-order chi connectivity index (χ0) is 22.4. The zero-order valence-corrected chi connectivity index (χ0v) is 17.8. The number of anilines is 1. The number of carbonyl (C=O) groups is 2. The molecule has 2 aromatic carbocycles. The van der Waals surface area contributed by atoms with Crippen molar-refractivity contribution in [3.63, 3.8) is 0 Å². The van der Waals surface area contributed by atoms with Gasteiger partial charge in [0.15, 0.2) is 0 Å². The molecule has 0 atom stereocenters. The van der Waals surface area contributed by atoms with Crippen molar-refractivity contribution < 1.29 is 14.3 Å². The van der Waals surface area contributed by atoms with E-state index in [-0.39, 0.29) is 41.0 Å². The minimum absolute atomic E-state index is 0.0275. The number of carbonyl (C=O) groups excluding carboxylic acids is 2. The molecule has 3 aromatic rings. The number of nitrogens with one attached hydrogen (secondary N) is 1. The topological polar surface area (TPSA) is 93.5 Å². The van der Waals surface area contributed by atoms with Crippen molar-refractivity contribution in [3.05, 3.63) is 87.3 Å². The molecule has 0 fully saturated rings. The Bertz CT molecular complexity index is 1150. The summed E-state index contributed by atoms with van der Waals surface area (Å²) in [6.07, 6.45) is 0. The van der Waals surface area contributed by atoms with Gasteiger partial charge in [0.1, 0.15) is 18.1 Å². The summed E-state index contributed by atoms with van der Waals surface area (Å²) in [5.74, 6) is -0.113. The van der Waals surface area contributed by atoms with E-state index in [0.717, 1.165) is 4.68 Å².